The maximum Gasteiger partial charge on any atom is 0.354 e. The number of hydrogen-bond donors (Lipinski definition) is 0. The number of aryl methyl sites for hydroxylation is 1. The number of rotatable bonds is 4. The molecule has 1 aliphatic heterocycles. The summed E-state index contributed by atoms with van der Waals surface area (Å²) in [6.45, 7) is 4.94. The lowest BCUT2D eigenvalue weighted by atomic mass is 10.0. The van der Waals surface area contributed by atoms with Gasteiger partial charge in [-0.3, -0.25) is 9.47 Å². The van der Waals surface area contributed by atoms with E-state index < -0.39 is 0 Å². The maximum absolute atomic E-state index is 13.0. The number of hydrogen-bond acceptors (Lipinski definition) is 5. The number of thiophene rings is 1. The fourth-order valence-electron chi connectivity index (χ4n) is 4.17. The van der Waals surface area contributed by atoms with Gasteiger partial charge in [-0.2, -0.15) is 4.98 Å². The molecule has 0 unspecified atom stereocenters. The van der Waals surface area contributed by atoms with Crippen LogP contribution in [0.1, 0.15) is 21.6 Å². The Labute approximate surface area is 184 Å². The predicted octanol–water partition coefficient (Wildman–Crippen LogP) is 5.04. The summed E-state index contributed by atoms with van der Waals surface area (Å²) in [6.07, 6.45) is 3.04. The Hall–Kier alpha value is -2.41. The first kappa shape index (κ1) is 19.5. The lowest BCUT2D eigenvalue weighted by Crippen LogP contribution is -2.29. The van der Waals surface area contributed by atoms with E-state index >= 15 is 0 Å². The molecule has 0 aliphatic carbocycles. The van der Waals surface area contributed by atoms with E-state index in [1.54, 1.807) is 27.7 Å². The monoisotopic (exact) mass is 433 g/mol. The third-order valence-electron chi connectivity index (χ3n) is 5.66. The van der Waals surface area contributed by atoms with Crippen molar-refractivity contribution in [3.8, 4) is 5.69 Å². The van der Waals surface area contributed by atoms with Crippen LogP contribution in [0.4, 0.5) is 0 Å². The van der Waals surface area contributed by atoms with Crippen molar-refractivity contribution in [2.75, 3.05) is 12.8 Å². The van der Waals surface area contributed by atoms with Crippen LogP contribution in [0.2, 0.25) is 0 Å². The minimum absolute atomic E-state index is 0.199. The number of fused-ring (bicyclic) bond motifs is 3. The summed E-state index contributed by atoms with van der Waals surface area (Å²) < 4.78 is 1.77. The molecule has 0 N–H and O–H groups in total. The summed E-state index contributed by atoms with van der Waals surface area (Å²) in [4.78, 5) is 22.1. The average Bonchev–Trinajstić information content (AvgIpc) is 3.11. The molecule has 0 spiro atoms. The molecule has 4 aromatic rings. The van der Waals surface area contributed by atoms with Gasteiger partial charge in [0.15, 0.2) is 0 Å². The van der Waals surface area contributed by atoms with Crippen LogP contribution in [0.5, 0.6) is 0 Å². The Kier molecular flexibility index (Phi) is 5.23. The normalized spacial score (nSPS) is 14.2. The zero-order valence-corrected chi connectivity index (χ0v) is 18.7. The maximum atomic E-state index is 13.0. The molecule has 0 atom stereocenters. The third-order valence-corrected chi connectivity index (χ3v) is 7.54. The molecular formula is C24H23N3OS2. The van der Waals surface area contributed by atoms with E-state index in [4.69, 9.17) is 0 Å². The Morgan fingerprint density at radius 3 is 2.60 bits per heavy atom. The van der Waals surface area contributed by atoms with Crippen molar-refractivity contribution in [3.63, 3.8) is 0 Å². The molecule has 4 nitrogen and oxygen atoms in total. The van der Waals surface area contributed by atoms with E-state index in [1.807, 2.05) is 30.5 Å². The molecule has 3 heterocycles. The van der Waals surface area contributed by atoms with Gasteiger partial charge in [-0.25, -0.2) is 4.79 Å². The van der Waals surface area contributed by atoms with Crippen LogP contribution in [0.15, 0.2) is 64.4 Å². The summed E-state index contributed by atoms with van der Waals surface area (Å²) in [6, 6.07) is 18.7. The van der Waals surface area contributed by atoms with Gasteiger partial charge < -0.3 is 0 Å². The Balaban J connectivity index is 1.57. The molecule has 0 amide bonds. The van der Waals surface area contributed by atoms with E-state index in [0.29, 0.717) is 0 Å². The van der Waals surface area contributed by atoms with E-state index in [1.165, 1.54) is 27.0 Å². The molecule has 5 rings (SSSR count). The van der Waals surface area contributed by atoms with Gasteiger partial charge >= 0.3 is 5.69 Å². The summed E-state index contributed by atoms with van der Waals surface area (Å²) in [5.41, 5.74) is 4.57. The van der Waals surface area contributed by atoms with Crippen molar-refractivity contribution in [3.05, 3.63) is 86.6 Å². The van der Waals surface area contributed by atoms with Crippen molar-refractivity contribution in [1.29, 1.82) is 0 Å². The highest BCUT2D eigenvalue weighted by Gasteiger charge is 2.25. The largest absolute Gasteiger partial charge is 0.354 e. The van der Waals surface area contributed by atoms with Crippen LogP contribution in [0.25, 0.3) is 15.9 Å². The van der Waals surface area contributed by atoms with Crippen LogP contribution in [0, 0.1) is 6.92 Å². The Morgan fingerprint density at radius 1 is 1.10 bits per heavy atom. The molecule has 0 saturated carbocycles. The van der Waals surface area contributed by atoms with Gasteiger partial charge in [-0.1, -0.05) is 48.0 Å². The highest BCUT2D eigenvalue weighted by molar-refractivity contribution is 7.98. The lowest BCUT2D eigenvalue weighted by molar-refractivity contribution is 0.249. The minimum Gasteiger partial charge on any atom is -0.294 e. The number of thioether (sulfide) groups is 1. The molecular weight excluding hydrogens is 410 g/mol. The SMILES string of the molecule is CSc1c2c3c(sc2nc(=O)n1-c1ccc(C)cc1)CN(Cc1ccccc1)CC3. The van der Waals surface area contributed by atoms with Gasteiger partial charge in [-0.15, -0.1) is 23.1 Å². The fraction of sp³-hybridized carbons (Fsp3) is 0.250. The van der Waals surface area contributed by atoms with Crippen LogP contribution in [0.3, 0.4) is 0 Å². The third kappa shape index (κ3) is 3.49. The van der Waals surface area contributed by atoms with Gasteiger partial charge in [-0.05, 0) is 42.9 Å². The zero-order chi connectivity index (χ0) is 20.7. The van der Waals surface area contributed by atoms with Crippen LogP contribution in [-0.2, 0) is 19.5 Å². The molecule has 0 radical (unpaired) electrons. The second kappa shape index (κ2) is 8.02. The topological polar surface area (TPSA) is 38.1 Å². The molecule has 2 aromatic heterocycles. The quantitative estimate of drug-likeness (QED) is 0.334. The highest BCUT2D eigenvalue weighted by Crippen LogP contribution is 2.39. The van der Waals surface area contributed by atoms with Gasteiger partial charge in [0.2, 0.25) is 0 Å². The summed E-state index contributed by atoms with van der Waals surface area (Å²) in [5.74, 6) is 0. The van der Waals surface area contributed by atoms with Gasteiger partial charge in [0.1, 0.15) is 4.83 Å². The van der Waals surface area contributed by atoms with Crippen molar-refractivity contribution in [2.45, 2.75) is 31.5 Å². The zero-order valence-electron chi connectivity index (χ0n) is 17.1. The number of aromatic nitrogens is 2. The van der Waals surface area contributed by atoms with E-state index in [9.17, 15) is 4.79 Å². The first-order chi connectivity index (χ1) is 14.6. The second-order valence-corrected chi connectivity index (χ2v) is 9.58. The van der Waals surface area contributed by atoms with Crippen LogP contribution < -0.4 is 5.69 Å². The van der Waals surface area contributed by atoms with Gasteiger partial charge in [0, 0.05) is 29.9 Å². The molecule has 0 fully saturated rings. The van der Waals surface area contributed by atoms with Crippen molar-refractivity contribution >= 4 is 33.3 Å². The molecule has 2 aromatic carbocycles. The smallest absolute Gasteiger partial charge is 0.294 e. The average molecular weight is 434 g/mol. The number of benzene rings is 2. The second-order valence-electron chi connectivity index (χ2n) is 7.70. The van der Waals surface area contributed by atoms with E-state index in [2.05, 4.69) is 47.1 Å². The first-order valence-electron chi connectivity index (χ1n) is 10.1. The van der Waals surface area contributed by atoms with E-state index in [-0.39, 0.29) is 5.69 Å². The van der Waals surface area contributed by atoms with Crippen molar-refractivity contribution < 1.29 is 0 Å². The van der Waals surface area contributed by atoms with Crippen LogP contribution >= 0.6 is 23.1 Å². The van der Waals surface area contributed by atoms with E-state index in [0.717, 1.165) is 41.6 Å². The molecule has 0 bridgehead atoms. The highest BCUT2D eigenvalue weighted by atomic mass is 32.2. The molecule has 6 heteroatoms. The summed E-state index contributed by atoms with van der Waals surface area (Å²) in [5, 5.41) is 2.17. The summed E-state index contributed by atoms with van der Waals surface area (Å²) >= 11 is 3.32. The van der Waals surface area contributed by atoms with Crippen molar-refractivity contribution in [1.82, 2.24) is 14.5 Å². The molecule has 0 saturated heterocycles. The fourth-order valence-corrected chi connectivity index (χ4v) is 6.28. The molecule has 152 valence electrons. The Morgan fingerprint density at radius 2 is 1.87 bits per heavy atom. The van der Waals surface area contributed by atoms with Gasteiger partial charge in [0.25, 0.3) is 0 Å². The molecule has 1 aliphatic rings. The number of nitrogens with zero attached hydrogens (tertiary/aromatic N) is 3. The predicted molar refractivity (Wildman–Crippen MR) is 126 cm³/mol. The Bertz CT molecular complexity index is 1260. The lowest BCUT2D eigenvalue weighted by Gasteiger charge is -2.27. The summed E-state index contributed by atoms with van der Waals surface area (Å²) in [7, 11) is 0. The van der Waals surface area contributed by atoms with Gasteiger partial charge in [0.05, 0.1) is 10.7 Å². The van der Waals surface area contributed by atoms with Crippen molar-refractivity contribution in [2.24, 2.45) is 0 Å². The molecule has 30 heavy (non-hydrogen) atoms. The standard InChI is InChI=1S/C24H23N3OS2/c1-16-8-10-18(11-9-16)27-23(29-2)21-19-12-13-26(14-17-6-4-3-5-7-17)15-20(19)30-22(21)25-24(27)28/h3-11H,12-15H2,1-2H3. The van der Waals surface area contributed by atoms with Crippen LogP contribution in [-0.4, -0.2) is 27.3 Å². The first-order valence-corrected chi connectivity index (χ1v) is 12.1. The minimum atomic E-state index is -0.199.